The molecule has 39 heavy (non-hydrogen) atoms. The lowest BCUT2D eigenvalue weighted by atomic mass is 10.1. The van der Waals surface area contributed by atoms with Crippen molar-refractivity contribution >= 4 is 27.7 Å². The molecule has 210 valence electrons. The van der Waals surface area contributed by atoms with Gasteiger partial charge >= 0.3 is 12.2 Å². The number of aromatic nitrogens is 1. The van der Waals surface area contributed by atoms with Crippen LogP contribution in [-0.4, -0.2) is 46.3 Å². The number of ether oxygens (including phenoxy) is 3. The lowest BCUT2D eigenvalue weighted by Crippen LogP contribution is -2.39. The Labute approximate surface area is 228 Å². The van der Waals surface area contributed by atoms with Gasteiger partial charge in [-0.2, -0.15) is 13.2 Å². The van der Waals surface area contributed by atoms with Crippen molar-refractivity contribution in [1.82, 2.24) is 15.0 Å². The van der Waals surface area contributed by atoms with Crippen LogP contribution in [0.5, 0.6) is 17.4 Å². The third-order valence-corrected chi connectivity index (χ3v) is 6.74. The van der Waals surface area contributed by atoms with Gasteiger partial charge in [-0.25, -0.2) is 22.9 Å². The van der Waals surface area contributed by atoms with Crippen LogP contribution in [0.15, 0.2) is 65.7 Å². The van der Waals surface area contributed by atoms with Gasteiger partial charge in [-0.3, -0.25) is 0 Å². The van der Waals surface area contributed by atoms with Crippen LogP contribution in [0.25, 0.3) is 0 Å². The molecule has 0 aliphatic rings. The lowest BCUT2D eigenvalue weighted by molar-refractivity contribution is -0.137. The van der Waals surface area contributed by atoms with E-state index in [1.807, 2.05) is 4.72 Å². The van der Waals surface area contributed by atoms with Gasteiger partial charge in [-0.1, -0.05) is 35.9 Å². The molecular formula is C25H25ClF3N3O6S. The highest BCUT2D eigenvalue weighted by Gasteiger charge is 2.32. The van der Waals surface area contributed by atoms with Crippen molar-refractivity contribution in [3.63, 3.8) is 0 Å². The number of alkyl halides is 3. The first-order chi connectivity index (χ1) is 18.5. The number of halogens is 4. The Morgan fingerprint density at radius 3 is 2.49 bits per heavy atom. The zero-order chi connectivity index (χ0) is 28.5. The van der Waals surface area contributed by atoms with E-state index in [1.165, 1.54) is 37.4 Å². The van der Waals surface area contributed by atoms with Crippen LogP contribution < -0.4 is 19.5 Å². The largest absolute Gasteiger partial charge is 0.491 e. The van der Waals surface area contributed by atoms with Gasteiger partial charge in [0.25, 0.3) is 10.0 Å². The highest BCUT2D eigenvalue weighted by molar-refractivity contribution is 7.90. The van der Waals surface area contributed by atoms with E-state index in [2.05, 4.69) is 10.3 Å². The maximum absolute atomic E-state index is 13.0. The molecule has 0 bridgehead atoms. The fraction of sp³-hybridized carbons (Fsp3) is 0.280. The third-order valence-electron chi connectivity index (χ3n) is 5.13. The smallest absolute Gasteiger partial charge is 0.417 e. The molecule has 2 N–H and O–H groups in total. The van der Waals surface area contributed by atoms with Crippen molar-refractivity contribution in [2.24, 2.45) is 0 Å². The first-order valence-electron chi connectivity index (χ1n) is 11.5. The monoisotopic (exact) mass is 587 g/mol. The molecule has 1 aromatic heterocycles. The van der Waals surface area contributed by atoms with Gasteiger partial charge in [0, 0.05) is 25.9 Å². The van der Waals surface area contributed by atoms with Gasteiger partial charge in [-0.15, -0.1) is 0 Å². The summed E-state index contributed by atoms with van der Waals surface area (Å²) in [6.45, 7) is 0.693. The first kappa shape index (κ1) is 30.0. The molecule has 0 saturated carbocycles. The molecule has 2 aromatic carbocycles. The molecule has 0 radical (unpaired) electrons. The fourth-order valence-electron chi connectivity index (χ4n) is 3.23. The van der Waals surface area contributed by atoms with E-state index >= 15 is 0 Å². The number of carbonyl (C=O) groups excluding carboxylic acids is 1. The number of nitrogens with one attached hydrogen (secondary N) is 2. The number of urea groups is 1. The minimum Gasteiger partial charge on any atom is -0.491 e. The maximum Gasteiger partial charge on any atom is 0.417 e. The van der Waals surface area contributed by atoms with Crippen molar-refractivity contribution in [3.05, 3.63) is 76.9 Å². The first-order valence-corrected chi connectivity index (χ1v) is 13.4. The van der Waals surface area contributed by atoms with Crippen LogP contribution in [0, 0.1) is 0 Å². The van der Waals surface area contributed by atoms with Crippen molar-refractivity contribution in [2.45, 2.75) is 23.9 Å². The highest BCUT2D eigenvalue weighted by Crippen LogP contribution is 2.36. The molecule has 1 heterocycles. The van der Waals surface area contributed by atoms with Gasteiger partial charge in [0.2, 0.25) is 5.88 Å². The molecule has 0 atom stereocenters. The molecule has 3 aromatic rings. The minimum absolute atomic E-state index is 0.0507. The van der Waals surface area contributed by atoms with Crippen LogP contribution in [-0.2, 0) is 27.4 Å². The Balaban J connectivity index is 1.66. The summed E-state index contributed by atoms with van der Waals surface area (Å²) in [6.07, 6.45) is -3.29. The van der Waals surface area contributed by atoms with Crippen molar-refractivity contribution in [2.75, 3.05) is 26.9 Å². The highest BCUT2D eigenvalue weighted by atomic mass is 35.5. The maximum atomic E-state index is 13.0. The third kappa shape index (κ3) is 9.01. The molecular weight excluding hydrogens is 563 g/mol. The fourth-order valence-corrected chi connectivity index (χ4v) is 4.38. The summed E-state index contributed by atoms with van der Waals surface area (Å²) in [5, 5.41) is 2.14. The summed E-state index contributed by atoms with van der Waals surface area (Å²) in [4.78, 5) is 15.8. The van der Waals surface area contributed by atoms with Gasteiger partial charge < -0.3 is 19.5 Å². The molecule has 3 rings (SSSR count). The van der Waals surface area contributed by atoms with Crippen LogP contribution in [0.1, 0.15) is 17.5 Å². The second-order valence-corrected chi connectivity index (χ2v) is 10.1. The number of benzene rings is 2. The summed E-state index contributed by atoms with van der Waals surface area (Å²) in [5.74, 6) is 0.413. The average molecular weight is 588 g/mol. The Bertz CT molecular complexity index is 1380. The van der Waals surface area contributed by atoms with Crippen LogP contribution in [0.4, 0.5) is 18.0 Å². The number of methoxy groups -OCH3 is 1. The molecule has 9 nitrogen and oxygen atoms in total. The van der Waals surface area contributed by atoms with E-state index in [-0.39, 0.29) is 34.7 Å². The average Bonchev–Trinajstić information content (AvgIpc) is 2.88. The minimum atomic E-state index is -4.62. The standard InChI is InChI=1S/C25H25ClF3N3O6S/c1-36-12-13-37-19-10-9-17(22(15-19)38-23-21(26)14-18(16-31-23)25(27,28)29)6-5-11-30-24(33)32-39(34,35)20-7-3-2-4-8-20/h2-4,7-10,14-16H,5-6,11-13H2,1H3,(H2,30,32,33). The number of hydrogen-bond acceptors (Lipinski definition) is 7. The summed E-state index contributed by atoms with van der Waals surface area (Å²) in [7, 11) is -2.50. The van der Waals surface area contributed by atoms with Crippen LogP contribution >= 0.6 is 11.6 Å². The number of carbonyl (C=O) groups is 1. The Morgan fingerprint density at radius 2 is 1.82 bits per heavy atom. The van der Waals surface area contributed by atoms with E-state index in [1.54, 1.807) is 18.2 Å². The number of aryl methyl sites for hydroxylation is 1. The number of sulfonamides is 1. The Morgan fingerprint density at radius 1 is 1.08 bits per heavy atom. The van der Waals surface area contributed by atoms with E-state index in [0.717, 1.165) is 0 Å². The van der Waals surface area contributed by atoms with Gasteiger partial charge in [-0.05, 0) is 42.7 Å². The van der Waals surface area contributed by atoms with Crippen molar-refractivity contribution in [1.29, 1.82) is 0 Å². The van der Waals surface area contributed by atoms with E-state index in [4.69, 9.17) is 25.8 Å². The topological polar surface area (TPSA) is 116 Å². The quantitative estimate of drug-likeness (QED) is 0.280. The molecule has 0 saturated heterocycles. The molecule has 0 spiro atoms. The van der Waals surface area contributed by atoms with E-state index in [0.29, 0.717) is 43.0 Å². The number of amides is 2. The number of nitrogens with zero attached hydrogens (tertiary/aromatic N) is 1. The zero-order valence-corrected chi connectivity index (χ0v) is 22.2. The summed E-state index contributed by atoms with van der Waals surface area (Å²) >= 11 is 6.00. The SMILES string of the molecule is COCCOc1ccc(CCCNC(=O)NS(=O)(=O)c2ccccc2)c(Oc2ncc(C(F)(F)F)cc2Cl)c1. The summed E-state index contributed by atoms with van der Waals surface area (Å²) < 4.78 is 81.6. The molecule has 0 unspecified atom stereocenters. The lowest BCUT2D eigenvalue weighted by Gasteiger charge is -2.15. The summed E-state index contributed by atoms with van der Waals surface area (Å²) in [5.41, 5.74) is -0.402. The van der Waals surface area contributed by atoms with E-state index in [9.17, 15) is 26.4 Å². The molecule has 0 aliphatic carbocycles. The predicted octanol–water partition coefficient (Wildman–Crippen LogP) is 5.19. The number of pyridine rings is 1. The van der Waals surface area contributed by atoms with E-state index < -0.39 is 27.8 Å². The molecule has 0 aliphatic heterocycles. The van der Waals surface area contributed by atoms with Gasteiger partial charge in [0.1, 0.15) is 23.1 Å². The van der Waals surface area contributed by atoms with Crippen LogP contribution in [0.3, 0.4) is 0 Å². The predicted molar refractivity (Wildman–Crippen MR) is 137 cm³/mol. The second kappa shape index (κ2) is 13.5. The van der Waals surface area contributed by atoms with Gasteiger partial charge in [0.05, 0.1) is 17.1 Å². The molecule has 0 fully saturated rings. The Kier molecular flexibility index (Phi) is 10.4. The Hall–Kier alpha value is -3.55. The number of rotatable bonds is 12. The van der Waals surface area contributed by atoms with Crippen molar-refractivity contribution < 1.29 is 40.6 Å². The zero-order valence-electron chi connectivity index (χ0n) is 20.6. The second-order valence-electron chi connectivity index (χ2n) is 8.00. The number of hydrogen-bond donors (Lipinski definition) is 2. The van der Waals surface area contributed by atoms with Gasteiger partial charge in [0.15, 0.2) is 0 Å². The summed E-state index contributed by atoms with van der Waals surface area (Å²) in [6, 6.07) is 12.2. The molecule has 2 amide bonds. The normalized spacial score (nSPS) is 11.6. The molecule has 14 heteroatoms. The van der Waals surface area contributed by atoms with Crippen molar-refractivity contribution in [3.8, 4) is 17.4 Å². The van der Waals surface area contributed by atoms with Crippen LogP contribution in [0.2, 0.25) is 5.02 Å².